The molecule has 2 N–H and O–H groups in total. The predicted molar refractivity (Wildman–Crippen MR) is 96.7 cm³/mol. The molecule has 146 valence electrons. The molecule has 0 saturated heterocycles. The third kappa shape index (κ3) is 4.27. The van der Waals surface area contributed by atoms with E-state index in [0.29, 0.717) is 12.2 Å². The van der Waals surface area contributed by atoms with Crippen molar-refractivity contribution in [3.63, 3.8) is 0 Å². The molecule has 1 amide bonds. The molecule has 0 bridgehead atoms. The van der Waals surface area contributed by atoms with Crippen LogP contribution in [0.15, 0.2) is 34.9 Å². The normalized spacial score (nSPS) is 19.3. The van der Waals surface area contributed by atoms with Gasteiger partial charge in [0.2, 0.25) is 0 Å². The number of nitrogens with one attached hydrogen (secondary N) is 2. The van der Waals surface area contributed by atoms with E-state index in [9.17, 15) is 18.0 Å². The molecule has 2 aromatic rings. The second-order valence-corrected chi connectivity index (χ2v) is 7.06. The molecule has 1 aromatic heterocycles. The zero-order chi connectivity index (χ0) is 19.6. The van der Waals surface area contributed by atoms with Crippen LogP contribution in [0.1, 0.15) is 34.4 Å². The van der Waals surface area contributed by atoms with E-state index >= 15 is 0 Å². The van der Waals surface area contributed by atoms with Crippen LogP contribution in [0.4, 0.5) is 19.0 Å². The lowest BCUT2D eigenvalue weighted by atomic mass is 9.96. The minimum Gasteiger partial charge on any atom is -0.383 e. The fourth-order valence-electron chi connectivity index (χ4n) is 3.00. The summed E-state index contributed by atoms with van der Waals surface area (Å²) in [5, 5.41) is 9.49. The average Bonchev–Trinajstić information content (AvgIpc) is 3.04. The monoisotopic (exact) mass is 446 g/mol. The summed E-state index contributed by atoms with van der Waals surface area (Å²) >= 11 is 3.32. The van der Waals surface area contributed by atoms with Gasteiger partial charge in [0.1, 0.15) is 11.4 Å². The molecule has 0 aliphatic carbocycles. The number of rotatable bonds is 5. The van der Waals surface area contributed by atoms with Crippen molar-refractivity contribution in [3.05, 3.63) is 46.1 Å². The predicted octanol–water partition coefficient (Wildman–Crippen LogP) is 3.68. The molecule has 0 spiro atoms. The SMILES string of the molecule is COCCNC(=O)c1cnn2c1NC(c1ccc(Br)cc1)CC2C(F)(F)F. The summed E-state index contributed by atoms with van der Waals surface area (Å²) < 4.78 is 47.4. The molecule has 3 rings (SSSR count). The summed E-state index contributed by atoms with van der Waals surface area (Å²) in [7, 11) is 1.49. The van der Waals surface area contributed by atoms with Crippen molar-refractivity contribution in [3.8, 4) is 0 Å². The van der Waals surface area contributed by atoms with Crippen molar-refractivity contribution in [2.75, 3.05) is 25.6 Å². The zero-order valence-electron chi connectivity index (χ0n) is 14.4. The number of carbonyl (C=O) groups excluding carboxylic acids is 1. The van der Waals surface area contributed by atoms with Gasteiger partial charge in [0, 0.05) is 24.5 Å². The summed E-state index contributed by atoms with van der Waals surface area (Å²) in [6.45, 7) is 0.550. The van der Waals surface area contributed by atoms with Crippen molar-refractivity contribution < 1.29 is 22.7 Å². The quantitative estimate of drug-likeness (QED) is 0.687. The zero-order valence-corrected chi connectivity index (χ0v) is 16.0. The lowest BCUT2D eigenvalue weighted by Crippen LogP contribution is -2.36. The molecule has 2 unspecified atom stereocenters. The van der Waals surface area contributed by atoms with E-state index in [0.717, 1.165) is 15.4 Å². The van der Waals surface area contributed by atoms with Gasteiger partial charge in [0.25, 0.3) is 5.91 Å². The lowest BCUT2D eigenvalue weighted by Gasteiger charge is -2.34. The largest absolute Gasteiger partial charge is 0.410 e. The Kier molecular flexibility index (Phi) is 5.75. The van der Waals surface area contributed by atoms with Crippen LogP contribution in [0.3, 0.4) is 0 Å². The standard InChI is InChI=1S/C17H18BrF3N4O2/c1-27-7-6-22-16(26)12-9-23-25-14(17(19,20)21)8-13(24-15(12)25)10-2-4-11(18)5-3-10/h2-5,9,13-14,24H,6-8H2,1H3,(H,22,26). The van der Waals surface area contributed by atoms with E-state index in [1.807, 2.05) is 0 Å². The smallest absolute Gasteiger partial charge is 0.383 e. The lowest BCUT2D eigenvalue weighted by molar-refractivity contribution is -0.173. The molecule has 27 heavy (non-hydrogen) atoms. The number of nitrogens with zero attached hydrogens (tertiary/aromatic N) is 2. The Labute approximate surface area is 162 Å². The number of carbonyl (C=O) groups is 1. The third-order valence-corrected chi connectivity index (χ3v) is 4.88. The molecule has 6 nitrogen and oxygen atoms in total. The minimum absolute atomic E-state index is 0.0615. The number of amides is 1. The summed E-state index contributed by atoms with van der Waals surface area (Å²) in [6.07, 6.45) is -3.54. The Morgan fingerprint density at radius 2 is 2.11 bits per heavy atom. The molecule has 10 heteroatoms. The van der Waals surface area contributed by atoms with Crippen LogP contribution in [0.25, 0.3) is 0 Å². The number of anilines is 1. The molecule has 2 heterocycles. The van der Waals surface area contributed by atoms with Gasteiger partial charge in [0.15, 0.2) is 6.04 Å². The first-order valence-electron chi connectivity index (χ1n) is 8.24. The van der Waals surface area contributed by atoms with E-state index < -0.39 is 24.2 Å². The van der Waals surface area contributed by atoms with E-state index in [4.69, 9.17) is 4.74 Å². The molecule has 1 aromatic carbocycles. The van der Waals surface area contributed by atoms with Crippen LogP contribution in [0.5, 0.6) is 0 Å². The van der Waals surface area contributed by atoms with Crippen molar-refractivity contribution >= 4 is 27.7 Å². The van der Waals surface area contributed by atoms with Crippen LogP contribution in [0.2, 0.25) is 0 Å². The fourth-order valence-corrected chi connectivity index (χ4v) is 3.27. The van der Waals surface area contributed by atoms with Crippen molar-refractivity contribution in [1.29, 1.82) is 0 Å². The van der Waals surface area contributed by atoms with Crippen LogP contribution in [-0.4, -0.2) is 42.1 Å². The Hall–Kier alpha value is -2.07. The first-order chi connectivity index (χ1) is 12.8. The van der Waals surface area contributed by atoms with Gasteiger partial charge in [-0.1, -0.05) is 28.1 Å². The van der Waals surface area contributed by atoms with Crippen LogP contribution >= 0.6 is 15.9 Å². The maximum atomic E-state index is 13.6. The highest BCUT2D eigenvalue weighted by molar-refractivity contribution is 9.10. The molecular formula is C17H18BrF3N4O2. The molecule has 1 aliphatic heterocycles. The van der Waals surface area contributed by atoms with Gasteiger partial charge in [0.05, 0.1) is 18.8 Å². The third-order valence-electron chi connectivity index (χ3n) is 4.35. The number of benzene rings is 1. The molecule has 1 aliphatic rings. The molecule has 0 radical (unpaired) electrons. The first-order valence-corrected chi connectivity index (χ1v) is 9.04. The number of ether oxygens (including phenoxy) is 1. The molecule has 0 saturated carbocycles. The second kappa shape index (κ2) is 7.89. The summed E-state index contributed by atoms with van der Waals surface area (Å²) in [5.41, 5.74) is 0.771. The Balaban J connectivity index is 1.93. The molecule has 0 fully saturated rings. The Morgan fingerprint density at radius 3 is 2.74 bits per heavy atom. The fraction of sp³-hybridized carbons (Fsp3) is 0.412. The maximum Gasteiger partial charge on any atom is 0.410 e. The van der Waals surface area contributed by atoms with Crippen LogP contribution in [0, 0.1) is 0 Å². The summed E-state index contributed by atoms with van der Waals surface area (Å²) in [6, 6.07) is 4.62. The Morgan fingerprint density at radius 1 is 1.41 bits per heavy atom. The number of hydrogen-bond donors (Lipinski definition) is 2. The summed E-state index contributed by atoms with van der Waals surface area (Å²) in [5.74, 6) is -0.440. The van der Waals surface area contributed by atoms with Crippen LogP contribution in [-0.2, 0) is 4.74 Å². The molecule has 2 atom stereocenters. The minimum atomic E-state index is -4.49. The van der Waals surface area contributed by atoms with Crippen LogP contribution < -0.4 is 10.6 Å². The number of fused-ring (bicyclic) bond motifs is 1. The van der Waals surface area contributed by atoms with Gasteiger partial charge >= 0.3 is 6.18 Å². The van der Waals surface area contributed by atoms with E-state index in [1.54, 1.807) is 24.3 Å². The van der Waals surface area contributed by atoms with Gasteiger partial charge in [-0.15, -0.1) is 0 Å². The van der Waals surface area contributed by atoms with Gasteiger partial charge < -0.3 is 15.4 Å². The summed E-state index contributed by atoms with van der Waals surface area (Å²) in [4.78, 5) is 12.3. The number of hydrogen-bond acceptors (Lipinski definition) is 4. The van der Waals surface area contributed by atoms with Gasteiger partial charge in [-0.3, -0.25) is 4.79 Å². The highest BCUT2D eigenvalue weighted by atomic mass is 79.9. The average molecular weight is 447 g/mol. The highest BCUT2D eigenvalue weighted by Crippen LogP contribution is 2.44. The van der Waals surface area contributed by atoms with Crippen molar-refractivity contribution in [2.24, 2.45) is 0 Å². The van der Waals surface area contributed by atoms with Crippen molar-refractivity contribution in [1.82, 2.24) is 15.1 Å². The van der Waals surface area contributed by atoms with Gasteiger partial charge in [-0.2, -0.15) is 18.3 Å². The van der Waals surface area contributed by atoms with E-state index in [2.05, 4.69) is 31.7 Å². The van der Waals surface area contributed by atoms with Crippen molar-refractivity contribution in [2.45, 2.75) is 24.7 Å². The highest BCUT2D eigenvalue weighted by Gasteiger charge is 2.47. The number of methoxy groups -OCH3 is 1. The topological polar surface area (TPSA) is 68.2 Å². The van der Waals surface area contributed by atoms with Gasteiger partial charge in [-0.05, 0) is 17.7 Å². The second-order valence-electron chi connectivity index (χ2n) is 6.14. The first kappa shape index (κ1) is 19.7. The van der Waals surface area contributed by atoms with E-state index in [1.165, 1.54) is 7.11 Å². The Bertz CT molecular complexity index is 808. The van der Waals surface area contributed by atoms with E-state index in [-0.39, 0.29) is 24.3 Å². The molecular weight excluding hydrogens is 429 g/mol. The maximum absolute atomic E-state index is 13.6. The number of aromatic nitrogens is 2. The number of halogens is 4. The van der Waals surface area contributed by atoms with Gasteiger partial charge in [-0.25, -0.2) is 4.68 Å². The number of alkyl halides is 3.